The Morgan fingerprint density at radius 1 is 1.29 bits per heavy atom. The zero-order valence-electron chi connectivity index (χ0n) is 18.1. The highest BCUT2D eigenvalue weighted by Gasteiger charge is 2.54. The number of ether oxygens (including phenoxy) is 1. The van der Waals surface area contributed by atoms with Gasteiger partial charge in [0.1, 0.15) is 12.3 Å². The van der Waals surface area contributed by atoms with E-state index in [0.717, 1.165) is 38.0 Å². The number of aromatic hydroxyl groups is 1. The molecule has 3 aliphatic rings. The highest BCUT2D eigenvalue weighted by Crippen LogP contribution is 2.63. The number of likely N-dealkylation sites (N-methyl/N-ethyl adjacent to an activating group) is 1. The van der Waals surface area contributed by atoms with Crippen LogP contribution in [0.2, 0.25) is 0 Å². The molecule has 3 nitrogen and oxygen atoms in total. The van der Waals surface area contributed by atoms with Gasteiger partial charge in [-0.3, -0.25) is 0 Å². The molecule has 0 heterocycles. The third-order valence-electron chi connectivity index (χ3n) is 8.10. The first kappa shape index (κ1) is 20.0. The van der Waals surface area contributed by atoms with Gasteiger partial charge < -0.3 is 14.7 Å². The van der Waals surface area contributed by atoms with E-state index in [9.17, 15) is 5.11 Å². The van der Waals surface area contributed by atoms with E-state index < -0.39 is 0 Å². The van der Waals surface area contributed by atoms with Gasteiger partial charge in [0.2, 0.25) is 0 Å². The van der Waals surface area contributed by atoms with Crippen molar-refractivity contribution in [2.24, 2.45) is 23.2 Å². The fourth-order valence-electron chi connectivity index (χ4n) is 6.67. The first-order chi connectivity index (χ1) is 13.4. The number of phenolic OH excluding ortho intramolecular Hbond substituents is 1. The molecule has 2 saturated carbocycles. The van der Waals surface area contributed by atoms with Crippen LogP contribution in [0.4, 0.5) is 0 Å². The van der Waals surface area contributed by atoms with Crippen LogP contribution < -0.4 is 4.90 Å². The van der Waals surface area contributed by atoms with Crippen molar-refractivity contribution >= 4 is 0 Å². The van der Waals surface area contributed by atoms with Gasteiger partial charge in [-0.1, -0.05) is 31.6 Å². The fraction of sp³-hybridized carbons (Fsp3) is 0.680. The molecule has 1 aromatic rings. The Balaban J connectivity index is 1.50. The highest BCUT2D eigenvalue weighted by atomic mass is 16.5. The van der Waals surface area contributed by atoms with Crippen LogP contribution in [0.15, 0.2) is 29.8 Å². The lowest BCUT2D eigenvalue weighted by molar-refractivity contribution is -0.858. The molecule has 2 fully saturated rings. The first-order valence-electron chi connectivity index (χ1n) is 11.3. The van der Waals surface area contributed by atoms with Crippen LogP contribution in [0.5, 0.6) is 5.75 Å². The summed E-state index contributed by atoms with van der Waals surface area (Å²) in [6.07, 6.45) is 8.70. The van der Waals surface area contributed by atoms with Crippen LogP contribution in [0, 0.1) is 23.2 Å². The summed E-state index contributed by atoms with van der Waals surface area (Å²) < 4.78 is 5.90. The van der Waals surface area contributed by atoms with Crippen LogP contribution in [0.3, 0.4) is 0 Å². The second kappa shape index (κ2) is 7.84. The summed E-state index contributed by atoms with van der Waals surface area (Å²) in [6, 6.07) is 6.12. The molecule has 5 atom stereocenters. The molecule has 3 unspecified atom stereocenters. The molecule has 0 aromatic heterocycles. The Hall–Kier alpha value is -1.32. The van der Waals surface area contributed by atoms with E-state index >= 15 is 0 Å². The van der Waals surface area contributed by atoms with Gasteiger partial charge in [0.05, 0.1) is 27.3 Å². The van der Waals surface area contributed by atoms with Crippen molar-refractivity contribution < 1.29 is 14.7 Å². The maximum Gasteiger partial charge on any atom is 0.115 e. The number of quaternary nitrogens is 1. The average Bonchev–Trinajstić information content (AvgIpc) is 2.97. The Morgan fingerprint density at radius 3 is 2.89 bits per heavy atom. The molecule has 0 spiro atoms. The SMILES string of the molecule is C[C@@H]1Cc2cc(O)ccc2C2CC[C@]3(C)/C(=C/COCC[NH+](C)C)CCC3C21. The zero-order valence-corrected chi connectivity index (χ0v) is 18.1. The van der Waals surface area contributed by atoms with E-state index in [1.54, 1.807) is 5.57 Å². The van der Waals surface area contributed by atoms with Crippen molar-refractivity contribution in [1.82, 2.24) is 0 Å². The van der Waals surface area contributed by atoms with Crippen molar-refractivity contribution in [2.75, 3.05) is 33.9 Å². The number of rotatable bonds is 5. The summed E-state index contributed by atoms with van der Waals surface area (Å²) in [7, 11) is 4.35. The Labute approximate surface area is 170 Å². The van der Waals surface area contributed by atoms with Crippen molar-refractivity contribution in [2.45, 2.75) is 51.9 Å². The Morgan fingerprint density at radius 2 is 2.11 bits per heavy atom. The minimum Gasteiger partial charge on any atom is -0.508 e. The number of benzene rings is 1. The standard InChI is InChI=1S/C25H37NO2/c1-17-15-18-16-20(27)6-7-21(18)22-9-11-25(2)19(5-8-23(25)24(17)22)10-13-28-14-12-26(3)4/h6-7,10,16-17,22-24,27H,5,8-9,11-15H2,1-4H3/p+1/b19-10+/t17-,22?,23?,24?,25-/m1/s1. The van der Waals surface area contributed by atoms with Crippen LogP contribution >= 0.6 is 0 Å². The maximum absolute atomic E-state index is 9.93. The molecule has 1 aromatic carbocycles. The molecule has 0 radical (unpaired) electrons. The lowest BCUT2D eigenvalue weighted by Gasteiger charge is -2.52. The van der Waals surface area contributed by atoms with Gasteiger partial charge in [0.15, 0.2) is 0 Å². The molecular weight excluding hydrogens is 346 g/mol. The summed E-state index contributed by atoms with van der Waals surface area (Å²) in [5, 5.41) is 9.93. The van der Waals surface area contributed by atoms with Crippen LogP contribution in [-0.4, -0.2) is 39.0 Å². The summed E-state index contributed by atoms with van der Waals surface area (Å²) >= 11 is 0. The van der Waals surface area contributed by atoms with Crippen molar-refractivity contribution in [3.05, 3.63) is 41.0 Å². The van der Waals surface area contributed by atoms with E-state index in [0.29, 0.717) is 23.0 Å². The predicted molar refractivity (Wildman–Crippen MR) is 114 cm³/mol. The number of nitrogens with one attached hydrogen (secondary N) is 1. The van der Waals surface area contributed by atoms with Gasteiger partial charge in [0, 0.05) is 0 Å². The molecule has 154 valence electrons. The van der Waals surface area contributed by atoms with Gasteiger partial charge in [0.25, 0.3) is 0 Å². The minimum atomic E-state index is 0.361. The summed E-state index contributed by atoms with van der Waals surface area (Å²) in [5.41, 5.74) is 4.94. The Bertz CT molecular complexity index is 740. The number of fused-ring (bicyclic) bond motifs is 5. The second-order valence-electron chi connectivity index (χ2n) is 10.1. The molecule has 4 rings (SSSR count). The molecule has 2 N–H and O–H groups in total. The quantitative estimate of drug-likeness (QED) is 0.601. The third kappa shape index (κ3) is 3.52. The summed E-state index contributed by atoms with van der Waals surface area (Å²) in [5.74, 6) is 3.37. The summed E-state index contributed by atoms with van der Waals surface area (Å²) in [4.78, 5) is 1.44. The number of hydrogen-bond acceptors (Lipinski definition) is 2. The summed E-state index contributed by atoms with van der Waals surface area (Å²) in [6.45, 7) is 7.67. The van der Waals surface area contributed by atoms with E-state index in [1.807, 2.05) is 12.1 Å². The smallest absolute Gasteiger partial charge is 0.115 e. The second-order valence-corrected chi connectivity index (χ2v) is 10.1. The van der Waals surface area contributed by atoms with Crippen molar-refractivity contribution in [3.8, 4) is 5.75 Å². The van der Waals surface area contributed by atoms with Crippen LogP contribution in [-0.2, 0) is 11.2 Å². The number of hydrogen-bond donors (Lipinski definition) is 2. The van der Waals surface area contributed by atoms with Gasteiger partial charge in [-0.15, -0.1) is 0 Å². The van der Waals surface area contributed by atoms with Crippen molar-refractivity contribution in [1.29, 1.82) is 0 Å². The normalized spacial score (nSPS) is 35.7. The Kier molecular flexibility index (Phi) is 5.59. The number of phenols is 1. The minimum absolute atomic E-state index is 0.361. The lowest BCUT2D eigenvalue weighted by Crippen LogP contribution is -3.06. The third-order valence-corrected chi connectivity index (χ3v) is 8.10. The zero-order chi connectivity index (χ0) is 19.9. The molecule has 28 heavy (non-hydrogen) atoms. The molecule has 0 saturated heterocycles. The lowest BCUT2D eigenvalue weighted by atomic mass is 9.52. The molecular formula is C25H38NO2+. The molecule has 0 aliphatic heterocycles. The van der Waals surface area contributed by atoms with Gasteiger partial charge in [-0.2, -0.15) is 0 Å². The van der Waals surface area contributed by atoms with E-state index in [2.05, 4.69) is 40.1 Å². The molecule has 3 aliphatic carbocycles. The van der Waals surface area contributed by atoms with Crippen LogP contribution in [0.1, 0.15) is 56.6 Å². The number of allylic oxidation sites excluding steroid dienone is 1. The van der Waals surface area contributed by atoms with E-state index in [1.165, 1.54) is 41.7 Å². The van der Waals surface area contributed by atoms with Gasteiger partial charge in [-0.05, 0) is 84.5 Å². The van der Waals surface area contributed by atoms with Gasteiger partial charge in [-0.25, -0.2) is 0 Å². The average molecular weight is 385 g/mol. The monoisotopic (exact) mass is 384 g/mol. The maximum atomic E-state index is 9.93. The molecule has 3 heteroatoms. The van der Waals surface area contributed by atoms with Crippen molar-refractivity contribution in [3.63, 3.8) is 0 Å². The van der Waals surface area contributed by atoms with E-state index in [-0.39, 0.29) is 0 Å². The predicted octanol–water partition coefficient (Wildman–Crippen LogP) is 3.58. The first-order valence-corrected chi connectivity index (χ1v) is 11.3. The largest absolute Gasteiger partial charge is 0.508 e. The molecule has 0 amide bonds. The fourth-order valence-corrected chi connectivity index (χ4v) is 6.67. The highest BCUT2D eigenvalue weighted by molar-refractivity contribution is 5.41. The molecule has 0 bridgehead atoms. The van der Waals surface area contributed by atoms with Crippen LogP contribution in [0.25, 0.3) is 0 Å². The topological polar surface area (TPSA) is 33.9 Å². The van der Waals surface area contributed by atoms with Gasteiger partial charge >= 0.3 is 0 Å². The van der Waals surface area contributed by atoms with E-state index in [4.69, 9.17) is 4.74 Å².